The van der Waals surface area contributed by atoms with Crippen molar-refractivity contribution in [2.24, 2.45) is 11.8 Å². The number of aryl methyl sites for hydroxylation is 2. The summed E-state index contributed by atoms with van der Waals surface area (Å²) in [5.41, 5.74) is 4.70. The molecule has 200 valence electrons. The number of nitrogens with one attached hydrogen (secondary N) is 2. The fraction of sp³-hybridized carbons (Fsp3) is 0.438. The number of Topliss-reactive ketones (excluding diaryl/α,β-unsaturated/α-hetero) is 2. The van der Waals surface area contributed by atoms with E-state index in [1.807, 2.05) is 48.5 Å². The van der Waals surface area contributed by atoms with Crippen molar-refractivity contribution in [1.29, 1.82) is 0 Å². The molecule has 1 saturated carbocycles. The average Bonchev–Trinajstić information content (AvgIpc) is 3.44. The Morgan fingerprint density at radius 1 is 0.658 bits per heavy atom. The van der Waals surface area contributed by atoms with Crippen molar-refractivity contribution in [1.82, 2.24) is 9.97 Å². The molecule has 4 aromatic rings. The van der Waals surface area contributed by atoms with E-state index < -0.39 is 35.6 Å². The summed E-state index contributed by atoms with van der Waals surface area (Å²) in [6.45, 7) is 8.55. The molecule has 4 unspecified atom stereocenters. The molecule has 2 aromatic heterocycles. The third-order valence-electron chi connectivity index (χ3n) is 8.05. The van der Waals surface area contributed by atoms with Gasteiger partial charge in [-0.15, -0.1) is 0 Å². The van der Waals surface area contributed by atoms with Crippen molar-refractivity contribution in [2.45, 2.75) is 77.4 Å². The van der Waals surface area contributed by atoms with Crippen LogP contribution in [0.2, 0.25) is 0 Å². The van der Waals surface area contributed by atoms with Crippen LogP contribution in [0.5, 0.6) is 0 Å². The van der Waals surface area contributed by atoms with Crippen LogP contribution in [0.3, 0.4) is 0 Å². The second kappa shape index (κ2) is 10.5. The molecule has 0 amide bonds. The summed E-state index contributed by atoms with van der Waals surface area (Å²) in [5.74, 6) is -2.34. The second-order valence-electron chi connectivity index (χ2n) is 11.6. The molecule has 0 radical (unpaired) electrons. The Morgan fingerprint density at radius 3 is 1.39 bits per heavy atom. The molecule has 4 N–H and O–H groups in total. The first kappa shape index (κ1) is 26.4. The number of aliphatic hydroxyl groups excluding tert-OH is 2. The van der Waals surface area contributed by atoms with E-state index in [2.05, 4.69) is 37.7 Å². The molecule has 1 aliphatic rings. The van der Waals surface area contributed by atoms with Gasteiger partial charge < -0.3 is 20.2 Å². The molecule has 1 fully saturated rings. The van der Waals surface area contributed by atoms with Crippen LogP contribution in [0.15, 0.2) is 48.5 Å². The minimum Gasteiger partial charge on any atom is -0.384 e. The molecule has 0 bridgehead atoms. The van der Waals surface area contributed by atoms with Crippen LogP contribution in [0, 0.1) is 11.8 Å². The summed E-state index contributed by atoms with van der Waals surface area (Å²) in [6.07, 6.45) is 0.0789. The van der Waals surface area contributed by atoms with Crippen LogP contribution in [0.4, 0.5) is 0 Å². The quantitative estimate of drug-likeness (QED) is 0.247. The number of fused-ring (bicyclic) bond motifs is 2. The number of H-pyrrole nitrogens is 2. The van der Waals surface area contributed by atoms with Crippen molar-refractivity contribution >= 4 is 33.4 Å². The molecule has 38 heavy (non-hydrogen) atoms. The van der Waals surface area contributed by atoms with Gasteiger partial charge in [-0.3, -0.25) is 9.59 Å². The van der Waals surface area contributed by atoms with E-state index in [-0.39, 0.29) is 0 Å². The number of hydrogen-bond acceptors (Lipinski definition) is 4. The molecule has 2 heterocycles. The van der Waals surface area contributed by atoms with Gasteiger partial charge in [-0.05, 0) is 60.8 Å². The van der Waals surface area contributed by atoms with E-state index in [1.54, 1.807) is 0 Å². The average molecular weight is 515 g/mol. The van der Waals surface area contributed by atoms with Crippen molar-refractivity contribution in [3.8, 4) is 0 Å². The molecule has 5 rings (SSSR count). The molecular weight excluding hydrogens is 476 g/mol. The highest BCUT2D eigenvalue weighted by molar-refractivity contribution is 6.10. The number of hydrogen-bond donors (Lipinski definition) is 4. The zero-order valence-electron chi connectivity index (χ0n) is 22.6. The third kappa shape index (κ3) is 4.61. The topological polar surface area (TPSA) is 106 Å². The molecule has 6 heteroatoms. The van der Waals surface area contributed by atoms with E-state index in [0.717, 1.165) is 46.0 Å². The molecule has 6 nitrogen and oxygen atoms in total. The number of para-hydroxylation sites is 2. The van der Waals surface area contributed by atoms with Gasteiger partial charge >= 0.3 is 0 Å². The zero-order chi connectivity index (χ0) is 27.1. The Bertz CT molecular complexity index is 1370. The highest BCUT2D eigenvalue weighted by Gasteiger charge is 2.52. The fourth-order valence-electron chi connectivity index (χ4n) is 6.02. The lowest BCUT2D eigenvalue weighted by Gasteiger charge is -2.35. The summed E-state index contributed by atoms with van der Waals surface area (Å²) >= 11 is 0. The molecule has 1 aliphatic carbocycles. The zero-order valence-corrected chi connectivity index (χ0v) is 22.6. The van der Waals surface area contributed by atoms with Crippen LogP contribution >= 0.6 is 0 Å². The second-order valence-corrected chi connectivity index (χ2v) is 11.6. The maximum absolute atomic E-state index is 13.9. The predicted molar refractivity (Wildman–Crippen MR) is 150 cm³/mol. The van der Waals surface area contributed by atoms with Crippen molar-refractivity contribution < 1.29 is 19.8 Å². The van der Waals surface area contributed by atoms with Crippen LogP contribution in [-0.4, -0.2) is 44.0 Å². The summed E-state index contributed by atoms with van der Waals surface area (Å²) in [7, 11) is 0. The number of rotatable bonds is 8. The molecule has 0 spiro atoms. The highest BCUT2D eigenvalue weighted by Crippen LogP contribution is 2.43. The Labute approximate surface area is 223 Å². The SMILES string of the molecule is CC(C)CCc1[nH]c2ccccc2c1C1C(=O)C(O)C(c2c(CCC(C)C)[nH]c3ccccc23)C(=O)C1O. The smallest absolute Gasteiger partial charge is 0.172 e. The molecule has 0 aliphatic heterocycles. The molecular formula is C32H38N2O4. The number of ketones is 2. The fourth-order valence-corrected chi connectivity index (χ4v) is 6.02. The predicted octanol–water partition coefficient (Wildman–Crippen LogP) is 5.57. The van der Waals surface area contributed by atoms with Crippen LogP contribution in [0.25, 0.3) is 21.8 Å². The molecule has 4 atom stereocenters. The van der Waals surface area contributed by atoms with Gasteiger partial charge in [-0.25, -0.2) is 0 Å². The van der Waals surface area contributed by atoms with Gasteiger partial charge in [0.15, 0.2) is 11.6 Å². The lowest BCUT2D eigenvalue weighted by molar-refractivity contribution is -0.149. The van der Waals surface area contributed by atoms with Crippen LogP contribution in [0.1, 0.15) is 74.9 Å². The van der Waals surface area contributed by atoms with Gasteiger partial charge in [0.05, 0.1) is 11.8 Å². The normalized spacial score (nSPS) is 22.4. The number of carbonyl (C=O) groups excluding carboxylic acids is 2. The number of carbonyl (C=O) groups is 2. The Morgan fingerprint density at radius 2 is 1.03 bits per heavy atom. The van der Waals surface area contributed by atoms with Crippen LogP contribution < -0.4 is 0 Å². The van der Waals surface area contributed by atoms with Gasteiger partial charge in [-0.1, -0.05) is 64.1 Å². The standard InChI is InChI=1S/C32H38N2O4/c1-17(2)13-15-23-25(19-9-5-7-11-21(19)33-23)27-29(35)31(37)28(32(38)30(27)36)26-20-10-6-8-12-22(20)34-24(26)16-14-18(3)4/h5-12,17-18,27-29,32-35,38H,13-16H2,1-4H3. The van der Waals surface area contributed by atoms with Gasteiger partial charge in [0.1, 0.15) is 12.2 Å². The first-order valence-electron chi connectivity index (χ1n) is 13.8. The maximum Gasteiger partial charge on any atom is 0.172 e. The third-order valence-corrected chi connectivity index (χ3v) is 8.05. The highest BCUT2D eigenvalue weighted by atomic mass is 16.3. The minimum atomic E-state index is -1.54. The summed E-state index contributed by atoms with van der Waals surface area (Å²) < 4.78 is 0. The van der Waals surface area contributed by atoms with Gasteiger partial charge in [-0.2, -0.15) is 0 Å². The first-order valence-corrected chi connectivity index (χ1v) is 13.8. The Hall–Kier alpha value is -3.22. The summed E-state index contributed by atoms with van der Waals surface area (Å²) in [4.78, 5) is 34.7. The van der Waals surface area contributed by atoms with Gasteiger partial charge in [0.25, 0.3) is 0 Å². The summed E-state index contributed by atoms with van der Waals surface area (Å²) in [6, 6.07) is 15.3. The van der Waals surface area contributed by atoms with E-state index >= 15 is 0 Å². The number of aromatic nitrogens is 2. The lowest BCUT2D eigenvalue weighted by Crippen LogP contribution is -2.51. The van der Waals surface area contributed by atoms with E-state index in [0.29, 0.717) is 35.8 Å². The molecule has 2 aromatic carbocycles. The number of benzene rings is 2. The van der Waals surface area contributed by atoms with Crippen molar-refractivity contribution in [3.63, 3.8) is 0 Å². The maximum atomic E-state index is 13.9. The van der Waals surface area contributed by atoms with Crippen molar-refractivity contribution in [3.05, 3.63) is 71.0 Å². The molecule has 0 saturated heterocycles. The van der Waals surface area contributed by atoms with E-state index in [9.17, 15) is 19.8 Å². The monoisotopic (exact) mass is 514 g/mol. The number of aliphatic hydroxyl groups is 2. The minimum absolute atomic E-state index is 0.448. The van der Waals surface area contributed by atoms with Gasteiger partial charge in [0, 0.05) is 33.2 Å². The van der Waals surface area contributed by atoms with E-state index in [1.165, 1.54) is 0 Å². The Kier molecular flexibility index (Phi) is 7.30. The first-order chi connectivity index (χ1) is 18.2. The van der Waals surface area contributed by atoms with E-state index in [4.69, 9.17) is 0 Å². The van der Waals surface area contributed by atoms with Gasteiger partial charge in [0.2, 0.25) is 0 Å². The lowest BCUT2D eigenvalue weighted by atomic mass is 9.69. The largest absolute Gasteiger partial charge is 0.384 e. The Balaban J connectivity index is 1.59. The van der Waals surface area contributed by atoms with Crippen LogP contribution in [-0.2, 0) is 22.4 Å². The van der Waals surface area contributed by atoms with Crippen molar-refractivity contribution in [2.75, 3.05) is 0 Å². The summed E-state index contributed by atoms with van der Waals surface area (Å²) in [5, 5.41) is 24.6. The number of aromatic amines is 2.